The summed E-state index contributed by atoms with van der Waals surface area (Å²) in [4.78, 5) is 29.8. The summed E-state index contributed by atoms with van der Waals surface area (Å²) >= 11 is 6.16. The summed E-state index contributed by atoms with van der Waals surface area (Å²) in [6.45, 7) is 5.13. The molecular formula is C36H40ClN3O6S. The van der Waals surface area contributed by atoms with Crippen LogP contribution in [0.15, 0.2) is 102 Å². The predicted octanol–water partition coefficient (Wildman–Crippen LogP) is 6.03. The summed E-state index contributed by atoms with van der Waals surface area (Å²) < 4.78 is 40.4. The monoisotopic (exact) mass is 677 g/mol. The topological polar surface area (TPSA) is 105 Å². The van der Waals surface area contributed by atoms with Crippen LogP contribution in [0.4, 0.5) is 5.69 Å². The molecular weight excluding hydrogens is 638 g/mol. The molecule has 4 rings (SSSR count). The number of nitrogens with zero attached hydrogens (tertiary/aromatic N) is 2. The van der Waals surface area contributed by atoms with Crippen LogP contribution in [0.25, 0.3) is 0 Å². The average molecular weight is 678 g/mol. The van der Waals surface area contributed by atoms with Crippen LogP contribution in [0.1, 0.15) is 30.5 Å². The van der Waals surface area contributed by atoms with Gasteiger partial charge in [0.15, 0.2) is 11.5 Å². The van der Waals surface area contributed by atoms with Crippen molar-refractivity contribution in [2.24, 2.45) is 0 Å². The van der Waals surface area contributed by atoms with Crippen LogP contribution in [0.3, 0.4) is 0 Å². The fraction of sp³-hybridized carbons (Fsp3) is 0.278. The Morgan fingerprint density at radius 2 is 1.49 bits per heavy atom. The molecule has 0 fully saturated rings. The minimum absolute atomic E-state index is 0.0778. The van der Waals surface area contributed by atoms with Crippen LogP contribution in [0.2, 0.25) is 5.02 Å². The summed E-state index contributed by atoms with van der Waals surface area (Å²) in [5.41, 5.74) is 2.86. The van der Waals surface area contributed by atoms with Gasteiger partial charge >= 0.3 is 0 Å². The number of aryl methyl sites for hydroxylation is 1. The van der Waals surface area contributed by atoms with E-state index in [2.05, 4.69) is 5.32 Å². The summed E-state index contributed by atoms with van der Waals surface area (Å²) in [7, 11) is -1.49. The second kappa shape index (κ2) is 15.8. The van der Waals surface area contributed by atoms with Crippen molar-refractivity contribution in [2.75, 3.05) is 25.1 Å². The van der Waals surface area contributed by atoms with Crippen molar-refractivity contribution in [3.05, 3.63) is 119 Å². The number of halogens is 1. The van der Waals surface area contributed by atoms with Gasteiger partial charge < -0.3 is 19.7 Å². The van der Waals surface area contributed by atoms with E-state index in [4.69, 9.17) is 21.1 Å². The molecule has 0 radical (unpaired) electrons. The van der Waals surface area contributed by atoms with Gasteiger partial charge in [0.2, 0.25) is 11.8 Å². The Labute approximate surface area is 282 Å². The third-order valence-corrected chi connectivity index (χ3v) is 9.50. The maximum Gasteiger partial charge on any atom is 0.264 e. The largest absolute Gasteiger partial charge is 0.493 e. The third-order valence-electron chi connectivity index (χ3n) is 7.47. The maximum atomic E-state index is 14.6. The van der Waals surface area contributed by atoms with E-state index in [1.165, 1.54) is 49.5 Å². The van der Waals surface area contributed by atoms with Crippen molar-refractivity contribution in [2.45, 2.75) is 50.7 Å². The van der Waals surface area contributed by atoms with Gasteiger partial charge in [-0.25, -0.2) is 8.42 Å². The number of sulfonamides is 1. The molecule has 1 atom stereocenters. The van der Waals surface area contributed by atoms with E-state index in [1.807, 2.05) is 75.4 Å². The minimum Gasteiger partial charge on any atom is -0.493 e. The van der Waals surface area contributed by atoms with E-state index in [-0.39, 0.29) is 41.2 Å². The maximum absolute atomic E-state index is 14.6. The summed E-state index contributed by atoms with van der Waals surface area (Å²) in [6, 6.07) is 26.3. The first-order valence-electron chi connectivity index (χ1n) is 15.1. The zero-order valence-electron chi connectivity index (χ0n) is 27.1. The lowest BCUT2D eigenvalue weighted by Crippen LogP contribution is -2.54. The van der Waals surface area contributed by atoms with Gasteiger partial charge in [-0.05, 0) is 68.3 Å². The highest BCUT2D eigenvalue weighted by Crippen LogP contribution is 2.33. The molecule has 11 heteroatoms. The van der Waals surface area contributed by atoms with Gasteiger partial charge in [-0.1, -0.05) is 71.8 Å². The molecule has 4 aromatic rings. The van der Waals surface area contributed by atoms with Crippen LogP contribution < -0.4 is 19.1 Å². The lowest BCUT2D eigenvalue weighted by Gasteiger charge is -2.34. The van der Waals surface area contributed by atoms with Crippen LogP contribution >= 0.6 is 11.6 Å². The van der Waals surface area contributed by atoms with Gasteiger partial charge in [-0.3, -0.25) is 13.9 Å². The summed E-state index contributed by atoms with van der Waals surface area (Å²) in [5, 5.41) is 3.36. The highest BCUT2D eigenvalue weighted by atomic mass is 35.5. The zero-order valence-corrected chi connectivity index (χ0v) is 28.7. The second-order valence-corrected chi connectivity index (χ2v) is 13.7. The quantitative estimate of drug-likeness (QED) is 0.175. The second-order valence-electron chi connectivity index (χ2n) is 11.4. The molecule has 0 bridgehead atoms. The number of carbonyl (C=O) groups is 2. The molecule has 0 spiro atoms. The van der Waals surface area contributed by atoms with Gasteiger partial charge in [0.25, 0.3) is 10.0 Å². The van der Waals surface area contributed by atoms with Gasteiger partial charge in [-0.15, -0.1) is 0 Å². The zero-order chi connectivity index (χ0) is 34.1. The van der Waals surface area contributed by atoms with Gasteiger partial charge in [-0.2, -0.15) is 0 Å². The van der Waals surface area contributed by atoms with Crippen molar-refractivity contribution < 1.29 is 27.5 Å². The standard InChI is InChI=1S/C36H40ClN3O6S/c1-25(2)38-36(42)32(21-27-11-7-6-8-12-27)39(23-28-13-9-10-26(3)20-28)35(41)24-40(30-16-14-29(37)15-17-30)47(43,44)31-18-19-33(45-4)34(22-31)46-5/h6-20,22,25,32H,21,23-24H2,1-5H3,(H,38,42)/t32-/m0/s1. The first-order valence-corrected chi connectivity index (χ1v) is 16.9. The number of rotatable bonds is 14. The lowest BCUT2D eigenvalue weighted by atomic mass is 10.0. The number of hydrogen-bond donors (Lipinski definition) is 1. The van der Waals surface area contributed by atoms with E-state index in [0.29, 0.717) is 10.8 Å². The molecule has 0 aliphatic heterocycles. The van der Waals surface area contributed by atoms with Crippen molar-refractivity contribution in [3.63, 3.8) is 0 Å². The average Bonchev–Trinajstić information content (AvgIpc) is 3.05. The van der Waals surface area contributed by atoms with E-state index in [9.17, 15) is 18.0 Å². The molecule has 47 heavy (non-hydrogen) atoms. The third kappa shape index (κ3) is 9.05. The van der Waals surface area contributed by atoms with Crippen LogP contribution in [-0.2, 0) is 32.6 Å². The van der Waals surface area contributed by atoms with Crippen LogP contribution in [0, 0.1) is 6.92 Å². The highest BCUT2D eigenvalue weighted by Gasteiger charge is 2.35. The van der Waals surface area contributed by atoms with Crippen molar-refractivity contribution in [1.82, 2.24) is 10.2 Å². The number of ether oxygens (including phenoxy) is 2. The van der Waals surface area contributed by atoms with Gasteiger partial charge in [0.1, 0.15) is 12.6 Å². The molecule has 0 saturated carbocycles. The first-order chi connectivity index (χ1) is 22.4. The molecule has 4 aromatic carbocycles. The molecule has 0 aliphatic carbocycles. The number of benzene rings is 4. The molecule has 9 nitrogen and oxygen atoms in total. The number of amides is 2. The summed E-state index contributed by atoms with van der Waals surface area (Å²) in [5.74, 6) is -0.342. The van der Waals surface area contributed by atoms with E-state index in [0.717, 1.165) is 21.0 Å². The lowest BCUT2D eigenvalue weighted by molar-refractivity contribution is -0.140. The molecule has 248 valence electrons. The Bertz CT molecular complexity index is 1780. The molecule has 0 saturated heterocycles. The minimum atomic E-state index is -4.35. The van der Waals surface area contributed by atoms with E-state index >= 15 is 0 Å². The fourth-order valence-corrected chi connectivity index (χ4v) is 6.74. The number of carbonyl (C=O) groups excluding carboxylic acids is 2. The SMILES string of the molecule is COc1ccc(S(=O)(=O)N(CC(=O)N(Cc2cccc(C)c2)[C@@H](Cc2ccccc2)C(=O)NC(C)C)c2ccc(Cl)cc2)cc1OC. The fourth-order valence-electron chi connectivity index (χ4n) is 5.18. The molecule has 0 unspecified atom stereocenters. The summed E-state index contributed by atoms with van der Waals surface area (Å²) in [6.07, 6.45) is 0.223. The smallest absolute Gasteiger partial charge is 0.264 e. The van der Waals surface area contributed by atoms with Crippen LogP contribution in [0.5, 0.6) is 11.5 Å². The number of methoxy groups -OCH3 is 2. The number of anilines is 1. The predicted molar refractivity (Wildman–Crippen MR) is 184 cm³/mol. The molecule has 0 heterocycles. The molecule has 1 N–H and O–H groups in total. The van der Waals surface area contributed by atoms with E-state index < -0.39 is 28.5 Å². The first kappa shape index (κ1) is 35.3. The molecule has 2 amide bonds. The molecule has 0 aromatic heterocycles. The Morgan fingerprint density at radius 1 is 0.830 bits per heavy atom. The van der Waals surface area contributed by atoms with Crippen molar-refractivity contribution in [1.29, 1.82) is 0 Å². The van der Waals surface area contributed by atoms with Crippen molar-refractivity contribution >= 4 is 39.1 Å². The van der Waals surface area contributed by atoms with Gasteiger partial charge in [0.05, 0.1) is 24.8 Å². The molecule has 0 aliphatic rings. The van der Waals surface area contributed by atoms with E-state index in [1.54, 1.807) is 12.1 Å². The van der Waals surface area contributed by atoms with Gasteiger partial charge in [0, 0.05) is 30.1 Å². The number of nitrogens with one attached hydrogen (secondary N) is 1. The Morgan fingerprint density at radius 3 is 2.11 bits per heavy atom. The number of hydrogen-bond acceptors (Lipinski definition) is 6. The highest BCUT2D eigenvalue weighted by molar-refractivity contribution is 7.92. The Kier molecular flexibility index (Phi) is 11.9. The Hall–Kier alpha value is -4.54. The Balaban J connectivity index is 1.83. The normalized spacial score (nSPS) is 11.9. The van der Waals surface area contributed by atoms with Crippen LogP contribution in [-0.4, -0.2) is 58.0 Å². The van der Waals surface area contributed by atoms with Crippen molar-refractivity contribution in [3.8, 4) is 11.5 Å².